The maximum absolute atomic E-state index is 12.9. The number of hydrogen-bond donors (Lipinski definition) is 1. The van der Waals surface area contributed by atoms with Gasteiger partial charge in [0.05, 0.1) is 36.0 Å². The first kappa shape index (κ1) is 20.4. The summed E-state index contributed by atoms with van der Waals surface area (Å²) in [5, 5.41) is 3.20. The summed E-state index contributed by atoms with van der Waals surface area (Å²) < 4.78 is 5.80. The van der Waals surface area contributed by atoms with Gasteiger partial charge in [-0.15, -0.1) is 0 Å². The highest BCUT2D eigenvalue weighted by Gasteiger charge is 2.35. The third-order valence-electron chi connectivity index (χ3n) is 5.13. The summed E-state index contributed by atoms with van der Waals surface area (Å²) >= 11 is 6.27. The number of rotatable bonds is 7. The third-order valence-corrected chi connectivity index (χ3v) is 5.44. The van der Waals surface area contributed by atoms with E-state index in [1.165, 1.54) is 5.56 Å². The monoisotopic (exact) mass is 401 g/mol. The molecule has 1 amide bonds. The number of esters is 1. The fourth-order valence-electron chi connectivity index (χ4n) is 3.86. The van der Waals surface area contributed by atoms with Crippen molar-refractivity contribution >= 4 is 29.2 Å². The zero-order chi connectivity index (χ0) is 20.0. The van der Waals surface area contributed by atoms with Gasteiger partial charge in [0.15, 0.2) is 6.54 Å². The number of likely N-dealkylation sites (tertiary alicyclic amines) is 1. The van der Waals surface area contributed by atoms with Crippen LogP contribution in [0.2, 0.25) is 5.02 Å². The summed E-state index contributed by atoms with van der Waals surface area (Å²) in [7, 11) is 0. The quantitative estimate of drug-likeness (QED) is 0.557. The SMILES string of the molecule is CCOC(=O)c1cccc(Cl)c1NC(=O)C[N+]1(Cc2ccccc2)CCCC1. The maximum Gasteiger partial charge on any atom is 0.340 e. The van der Waals surface area contributed by atoms with E-state index >= 15 is 0 Å². The lowest BCUT2D eigenvalue weighted by Gasteiger charge is -2.33. The van der Waals surface area contributed by atoms with Gasteiger partial charge in [-0.25, -0.2) is 4.79 Å². The van der Waals surface area contributed by atoms with Crippen LogP contribution in [-0.2, 0) is 16.1 Å². The molecule has 0 spiro atoms. The standard InChI is InChI=1S/C22H25ClN2O3/c1-2-28-22(27)18-11-8-12-19(23)21(18)24-20(26)16-25(13-6-7-14-25)15-17-9-4-3-5-10-17/h3-5,8-12H,2,6-7,13-16H2,1H3/p+1. The van der Waals surface area contributed by atoms with Crippen molar-refractivity contribution in [3.8, 4) is 0 Å². The summed E-state index contributed by atoms with van der Waals surface area (Å²) in [6.45, 7) is 5.11. The Morgan fingerprint density at radius 1 is 1.07 bits per heavy atom. The molecule has 1 N–H and O–H groups in total. The Bertz CT molecular complexity index is 833. The normalized spacial score (nSPS) is 15.2. The first-order valence-corrected chi connectivity index (χ1v) is 10.1. The van der Waals surface area contributed by atoms with Gasteiger partial charge in [0.2, 0.25) is 0 Å². The lowest BCUT2D eigenvalue weighted by molar-refractivity contribution is -0.922. The molecule has 1 aliphatic rings. The molecule has 0 saturated carbocycles. The number of hydrogen-bond acceptors (Lipinski definition) is 3. The van der Waals surface area contributed by atoms with Crippen molar-refractivity contribution in [2.45, 2.75) is 26.3 Å². The Balaban J connectivity index is 1.76. The fraction of sp³-hybridized carbons (Fsp3) is 0.364. The van der Waals surface area contributed by atoms with Gasteiger partial charge < -0.3 is 14.5 Å². The Morgan fingerprint density at radius 3 is 2.46 bits per heavy atom. The molecule has 3 rings (SSSR count). The van der Waals surface area contributed by atoms with E-state index in [1.54, 1.807) is 25.1 Å². The number of amides is 1. The number of nitrogens with zero attached hydrogens (tertiary/aromatic N) is 1. The summed E-state index contributed by atoms with van der Waals surface area (Å²) in [4.78, 5) is 25.1. The summed E-state index contributed by atoms with van der Waals surface area (Å²) in [5.41, 5.74) is 1.82. The molecular formula is C22H26ClN2O3+. The largest absolute Gasteiger partial charge is 0.462 e. The molecule has 1 aliphatic heterocycles. The van der Waals surface area contributed by atoms with Crippen LogP contribution in [0.1, 0.15) is 35.7 Å². The molecule has 28 heavy (non-hydrogen) atoms. The molecule has 148 valence electrons. The highest BCUT2D eigenvalue weighted by molar-refractivity contribution is 6.34. The van der Waals surface area contributed by atoms with Crippen LogP contribution in [-0.4, -0.2) is 42.6 Å². The van der Waals surface area contributed by atoms with E-state index < -0.39 is 5.97 Å². The summed E-state index contributed by atoms with van der Waals surface area (Å²) in [6, 6.07) is 15.2. The van der Waals surface area contributed by atoms with Crippen LogP contribution in [0.4, 0.5) is 5.69 Å². The van der Waals surface area contributed by atoms with Gasteiger partial charge >= 0.3 is 5.97 Å². The van der Waals surface area contributed by atoms with E-state index in [0.717, 1.165) is 37.0 Å². The van der Waals surface area contributed by atoms with Crippen LogP contribution >= 0.6 is 11.6 Å². The van der Waals surface area contributed by atoms with Gasteiger partial charge in [0.25, 0.3) is 5.91 Å². The van der Waals surface area contributed by atoms with E-state index in [2.05, 4.69) is 17.4 Å². The van der Waals surface area contributed by atoms with Gasteiger partial charge in [-0.3, -0.25) is 4.79 Å². The number of quaternary nitrogens is 1. The smallest absolute Gasteiger partial charge is 0.340 e. The van der Waals surface area contributed by atoms with Gasteiger partial charge in [0.1, 0.15) is 6.54 Å². The number of anilines is 1. The number of nitrogens with one attached hydrogen (secondary N) is 1. The van der Waals surface area contributed by atoms with Crippen LogP contribution in [0.3, 0.4) is 0 Å². The van der Waals surface area contributed by atoms with Gasteiger partial charge in [0, 0.05) is 18.4 Å². The van der Waals surface area contributed by atoms with E-state index in [9.17, 15) is 9.59 Å². The number of carbonyl (C=O) groups excluding carboxylic acids is 2. The predicted molar refractivity (Wildman–Crippen MR) is 110 cm³/mol. The minimum atomic E-state index is -0.491. The summed E-state index contributed by atoms with van der Waals surface area (Å²) in [6.07, 6.45) is 2.22. The van der Waals surface area contributed by atoms with Crippen molar-refractivity contribution in [2.24, 2.45) is 0 Å². The molecule has 0 radical (unpaired) electrons. The molecule has 1 heterocycles. The second-order valence-electron chi connectivity index (χ2n) is 7.23. The molecule has 5 nitrogen and oxygen atoms in total. The van der Waals surface area contributed by atoms with Crippen LogP contribution in [0.15, 0.2) is 48.5 Å². The van der Waals surface area contributed by atoms with Crippen LogP contribution in [0.5, 0.6) is 0 Å². The Kier molecular flexibility index (Phi) is 6.70. The molecule has 1 fully saturated rings. The zero-order valence-corrected chi connectivity index (χ0v) is 16.9. The van der Waals surface area contributed by atoms with Crippen LogP contribution in [0, 0.1) is 0 Å². The summed E-state index contributed by atoms with van der Waals surface area (Å²) in [5.74, 6) is -0.633. The first-order chi connectivity index (χ1) is 13.5. The molecule has 0 aliphatic carbocycles. The van der Waals surface area contributed by atoms with E-state index in [4.69, 9.17) is 16.3 Å². The molecular weight excluding hydrogens is 376 g/mol. The second kappa shape index (κ2) is 9.22. The lowest BCUT2D eigenvalue weighted by Crippen LogP contribution is -2.49. The minimum Gasteiger partial charge on any atom is -0.462 e. The molecule has 0 unspecified atom stereocenters. The molecule has 6 heteroatoms. The molecule has 2 aromatic rings. The molecule has 0 bridgehead atoms. The zero-order valence-electron chi connectivity index (χ0n) is 16.1. The van der Waals surface area contributed by atoms with Crippen molar-refractivity contribution in [3.63, 3.8) is 0 Å². The van der Waals surface area contributed by atoms with Crippen molar-refractivity contribution in [3.05, 3.63) is 64.7 Å². The lowest BCUT2D eigenvalue weighted by atomic mass is 10.1. The fourth-order valence-corrected chi connectivity index (χ4v) is 4.08. The topological polar surface area (TPSA) is 55.4 Å². The highest BCUT2D eigenvalue weighted by atomic mass is 35.5. The van der Waals surface area contributed by atoms with Gasteiger partial charge in [-0.2, -0.15) is 0 Å². The first-order valence-electron chi connectivity index (χ1n) is 9.67. The van der Waals surface area contributed by atoms with Crippen LogP contribution in [0.25, 0.3) is 0 Å². The number of benzene rings is 2. The van der Waals surface area contributed by atoms with E-state index in [-0.39, 0.29) is 18.1 Å². The average Bonchev–Trinajstić information content (AvgIpc) is 3.12. The number of para-hydroxylation sites is 1. The third kappa shape index (κ3) is 4.91. The molecule has 0 aromatic heterocycles. The Morgan fingerprint density at radius 2 is 1.79 bits per heavy atom. The highest BCUT2D eigenvalue weighted by Crippen LogP contribution is 2.28. The van der Waals surface area contributed by atoms with Crippen molar-refractivity contribution in [1.29, 1.82) is 0 Å². The molecule has 1 saturated heterocycles. The number of halogens is 1. The van der Waals surface area contributed by atoms with Gasteiger partial charge in [-0.05, 0) is 19.1 Å². The predicted octanol–water partition coefficient (Wildman–Crippen LogP) is 4.27. The van der Waals surface area contributed by atoms with E-state index in [0.29, 0.717) is 17.3 Å². The second-order valence-corrected chi connectivity index (χ2v) is 7.64. The maximum atomic E-state index is 12.9. The van der Waals surface area contributed by atoms with Gasteiger partial charge in [-0.1, -0.05) is 48.0 Å². The average molecular weight is 402 g/mol. The van der Waals surface area contributed by atoms with Crippen molar-refractivity contribution in [2.75, 3.05) is 31.6 Å². The molecule has 0 atom stereocenters. The Labute approximate surface area is 170 Å². The number of carbonyl (C=O) groups is 2. The van der Waals surface area contributed by atoms with Crippen LogP contribution < -0.4 is 5.32 Å². The Hall–Kier alpha value is -2.37. The minimum absolute atomic E-state index is 0.142. The van der Waals surface area contributed by atoms with E-state index in [1.807, 2.05) is 18.2 Å². The van der Waals surface area contributed by atoms with Crippen molar-refractivity contribution < 1.29 is 18.8 Å². The van der Waals surface area contributed by atoms with Crippen molar-refractivity contribution in [1.82, 2.24) is 0 Å². The molecule has 2 aromatic carbocycles. The number of ether oxygens (including phenoxy) is 1.